The van der Waals surface area contributed by atoms with Gasteiger partial charge in [-0.2, -0.15) is 0 Å². The minimum atomic E-state index is -2.93. The maximum absolute atomic E-state index is 11.7. The molecule has 18 heavy (non-hydrogen) atoms. The Kier molecular flexibility index (Phi) is 5.83. The summed E-state index contributed by atoms with van der Waals surface area (Å²) in [5.41, 5.74) is 0. The first-order chi connectivity index (χ1) is 8.48. The Bertz CT molecular complexity index is 364. The van der Waals surface area contributed by atoms with Crippen LogP contribution >= 0.6 is 0 Å². The monoisotopic (exact) mass is 280 g/mol. The molecule has 0 aromatic rings. The number of aliphatic hydroxyl groups excluding tert-OH is 2. The van der Waals surface area contributed by atoms with Gasteiger partial charge in [0.05, 0.1) is 24.7 Å². The van der Waals surface area contributed by atoms with Crippen molar-refractivity contribution in [3.8, 4) is 0 Å². The van der Waals surface area contributed by atoms with Gasteiger partial charge in [-0.15, -0.1) is 0 Å². The zero-order valence-electron chi connectivity index (χ0n) is 10.2. The van der Waals surface area contributed by atoms with Crippen LogP contribution in [0.4, 0.5) is 4.79 Å². The molecular weight excluding hydrogens is 260 g/mol. The average molecular weight is 280 g/mol. The topological polar surface area (TPSA) is 107 Å². The molecule has 1 atom stereocenters. The van der Waals surface area contributed by atoms with Crippen LogP contribution in [-0.4, -0.2) is 73.9 Å². The Morgan fingerprint density at radius 3 is 2.33 bits per heavy atom. The molecule has 0 aromatic carbocycles. The lowest BCUT2D eigenvalue weighted by Crippen LogP contribution is -2.44. The molecule has 1 saturated heterocycles. The maximum Gasteiger partial charge on any atom is 0.317 e. The smallest absolute Gasteiger partial charge is 0.317 e. The summed E-state index contributed by atoms with van der Waals surface area (Å²) >= 11 is 0. The van der Waals surface area contributed by atoms with Crippen molar-refractivity contribution >= 4 is 15.9 Å². The Labute approximate surface area is 107 Å². The van der Waals surface area contributed by atoms with Crippen LogP contribution in [0.5, 0.6) is 0 Å². The molecule has 0 unspecified atom stereocenters. The largest absolute Gasteiger partial charge is 0.395 e. The van der Waals surface area contributed by atoms with E-state index >= 15 is 0 Å². The maximum atomic E-state index is 11.7. The summed E-state index contributed by atoms with van der Waals surface area (Å²) in [5, 5.41) is 20.2. The van der Waals surface area contributed by atoms with Crippen molar-refractivity contribution in [1.82, 2.24) is 10.2 Å². The van der Waals surface area contributed by atoms with Crippen molar-refractivity contribution < 1.29 is 23.4 Å². The van der Waals surface area contributed by atoms with Crippen LogP contribution in [0.15, 0.2) is 0 Å². The van der Waals surface area contributed by atoms with E-state index in [2.05, 4.69) is 5.32 Å². The number of hydrogen-bond acceptors (Lipinski definition) is 5. The Balaban J connectivity index is 2.35. The van der Waals surface area contributed by atoms with Crippen LogP contribution in [-0.2, 0) is 9.84 Å². The van der Waals surface area contributed by atoms with Gasteiger partial charge in [-0.3, -0.25) is 0 Å². The van der Waals surface area contributed by atoms with Gasteiger partial charge in [0.25, 0.3) is 0 Å². The highest BCUT2D eigenvalue weighted by molar-refractivity contribution is 7.91. The number of aliphatic hydroxyl groups is 2. The predicted molar refractivity (Wildman–Crippen MR) is 65.9 cm³/mol. The molecule has 1 rings (SSSR count). The second-order valence-corrected chi connectivity index (χ2v) is 6.62. The number of carbonyl (C=O) groups excluding carboxylic acids is 1. The first-order valence-corrected chi connectivity index (χ1v) is 7.75. The van der Waals surface area contributed by atoms with E-state index in [0.717, 1.165) is 0 Å². The van der Waals surface area contributed by atoms with Crippen LogP contribution < -0.4 is 5.32 Å². The number of nitrogens with one attached hydrogen (secondary N) is 1. The van der Waals surface area contributed by atoms with E-state index in [-0.39, 0.29) is 49.8 Å². The highest BCUT2D eigenvalue weighted by atomic mass is 32.2. The lowest BCUT2D eigenvalue weighted by atomic mass is 10.1. The summed E-state index contributed by atoms with van der Waals surface area (Å²) < 4.78 is 22.5. The Morgan fingerprint density at radius 2 is 1.89 bits per heavy atom. The van der Waals surface area contributed by atoms with E-state index in [1.165, 1.54) is 4.90 Å². The highest BCUT2D eigenvalue weighted by Crippen LogP contribution is 2.17. The summed E-state index contributed by atoms with van der Waals surface area (Å²) in [7, 11) is -2.93. The fourth-order valence-corrected chi connectivity index (χ4v) is 3.79. The van der Waals surface area contributed by atoms with Crippen molar-refractivity contribution in [1.29, 1.82) is 0 Å². The minimum absolute atomic E-state index is 0.0379. The van der Waals surface area contributed by atoms with Crippen LogP contribution in [0.2, 0.25) is 0 Å². The van der Waals surface area contributed by atoms with Crippen LogP contribution in [0.25, 0.3) is 0 Å². The molecule has 1 heterocycles. The van der Waals surface area contributed by atoms with Gasteiger partial charge in [0, 0.05) is 19.6 Å². The van der Waals surface area contributed by atoms with Crippen molar-refractivity contribution in [2.75, 3.05) is 44.4 Å². The normalized spacial score (nSPS) is 21.8. The molecule has 0 saturated carbocycles. The number of hydrogen-bond donors (Lipinski definition) is 3. The van der Waals surface area contributed by atoms with E-state index in [1.807, 2.05) is 0 Å². The summed E-state index contributed by atoms with van der Waals surface area (Å²) in [6, 6.07) is -0.387. The van der Waals surface area contributed by atoms with E-state index in [9.17, 15) is 13.2 Å². The molecule has 2 amide bonds. The molecular formula is C10H20N2O5S. The van der Waals surface area contributed by atoms with Crippen molar-refractivity contribution in [2.45, 2.75) is 6.42 Å². The van der Waals surface area contributed by atoms with E-state index < -0.39 is 9.84 Å². The summed E-state index contributed by atoms with van der Waals surface area (Å²) in [4.78, 5) is 13.0. The van der Waals surface area contributed by atoms with E-state index in [0.29, 0.717) is 13.0 Å². The zero-order valence-corrected chi connectivity index (χ0v) is 11.0. The van der Waals surface area contributed by atoms with Crippen molar-refractivity contribution in [2.24, 2.45) is 5.92 Å². The third kappa shape index (κ3) is 4.79. The number of carbonyl (C=O) groups is 1. The summed E-state index contributed by atoms with van der Waals surface area (Å²) in [5.74, 6) is 0.265. The Hall–Kier alpha value is -0.860. The third-order valence-corrected chi connectivity index (χ3v) is 4.73. The molecule has 0 aromatic heterocycles. The van der Waals surface area contributed by atoms with Gasteiger partial charge in [0.2, 0.25) is 0 Å². The molecule has 0 spiro atoms. The van der Waals surface area contributed by atoms with E-state index in [1.54, 1.807) is 0 Å². The predicted octanol–water partition coefficient (Wildman–Crippen LogP) is -1.58. The molecule has 1 fully saturated rings. The summed E-state index contributed by atoms with van der Waals surface area (Å²) in [6.07, 6.45) is 0.572. The van der Waals surface area contributed by atoms with Gasteiger partial charge in [0.1, 0.15) is 0 Å². The number of rotatable bonds is 6. The number of sulfone groups is 1. The van der Waals surface area contributed by atoms with Crippen LogP contribution in [0, 0.1) is 5.92 Å². The molecule has 0 aliphatic carbocycles. The first-order valence-electron chi connectivity index (χ1n) is 5.93. The molecule has 0 bridgehead atoms. The standard InChI is InChI=1S/C10H20N2O5S/c13-4-2-12(3-5-14)10(15)11-7-9-1-6-18(16,17)8-9/h9,13-14H,1-8H2,(H,11,15)/t9-/m1/s1. The van der Waals surface area contributed by atoms with Gasteiger partial charge in [-0.05, 0) is 12.3 Å². The summed E-state index contributed by atoms with van der Waals surface area (Å²) in [6.45, 7) is 0.257. The van der Waals surface area contributed by atoms with Crippen molar-refractivity contribution in [3.05, 3.63) is 0 Å². The number of amides is 2. The molecule has 7 nitrogen and oxygen atoms in total. The second kappa shape index (κ2) is 6.91. The van der Waals surface area contributed by atoms with Crippen molar-refractivity contribution in [3.63, 3.8) is 0 Å². The molecule has 0 radical (unpaired) electrons. The van der Waals surface area contributed by atoms with E-state index in [4.69, 9.17) is 10.2 Å². The molecule has 1 aliphatic rings. The van der Waals surface area contributed by atoms with Gasteiger partial charge in [-0.25, -0.2) is 13.2 Å². The second-order valence-electron chi connectivity index (χ2n) is 4.39. The average Bonchev–Trinajstić information content (AvgIpc) is 2.66. The molecule has 1 aliphatic heterocycles. The number of nitrogens with zero attached hydrogens (tertiary/aromatic N) is 1. The molecule has 3 N–H and O–H groups in total. The molecule has 8 heteroatoms. The Morgan fingerprint density at radius 1 is 1.28 bits per heavy atom. The third-order valence-electron chi connectivity index (χ3n) is 2.90. The zero-order chi connectivity index (χ0) is 13.6. The van der Waals surface area contributed by atoms with Gasteiger partial charge < -0.3 is 20.4 Å². The van der Waals surface area contributed by atoms with Gasteiger partial charge >= 0.3 is 6.03 Å². The lowest BCUT2D eigenvalue weighted by Gasteiger charge is -2.22. The van der Waals surface area contributed by atoms with Gasteiger partial charge in [0.15, 0.2) is 9.84 Å². The SMILES string of the molecule is O=C(NC[C@H]1CCS(=O)(=O)C1)N(CCO)CCO. The van der Waals surface area contributed by atoms with Gasteiger partial charge in [-0.1, -0.05) is 0 Å². The first kappa shape index (κ1) is 15.2. The van der Waals surface area contributed by atoms with Crippen LogP contribution in [0.3, 0.4) is 0 Å². The molecule has 106 valence electrons. The fourth-order valence-electron chi connectivity index (χ4n) is 1.93. The lowest BCUT2D eigenvalue weighted by molar-refractivity contribution is 0.157. The number of urea groups is 1. The highest BCUT2D eigenvalue weighted by Gasteiger charge is 2.28. The minimum Gasteiger partial charge on any atom is -0.395 e. The fraction of sp³-hybridized carbons (Fsp3) is 0.900. The van der Waals surface area contributed by atoms with Crippen LogP contribution in [0.1, 0.15) is 6.42 Å². The quantitative estimate of drug-likeness (QED) is 0.544.